The normalized spacial score (nSPS) is 10.3. The summed E-state index contributed by atoms with van der Waals surface area (Å²) in [7, 11) is 0. The summed E-state index contributed by atoms with van der Waals surface area (Å²) in [6.07, 6.45) is 1.76. The fourth-order valence-electron chi connectivity index (χ4n) is 1.44. The van der Waals surface area contributed by atoms with E-state index >= 15 is 0 Å². The molecule has 1 aromatic carbocycles. The highest BCUT2D eigenvalue weighted by Crippen LogP contribution is 2.22. The molecule has 4 heteroatoms. The van der Waals surface area contributed by atoms with Crippen molar-refractivity contribution in [2.75, 3.05) is 5.32 Å². The molecular weight excluding hydrogens is 234 g/mol. The first-order valence-electron chi connectivity index (χ1n) is 5.37. The molecule has 17 heavy (non-hydrogen) atoms. The van der Waals surface area contributed by atoms with Crippen LogP contribution in [-0.4, -0.2) is 4.98 Å². The van der Waals surface area contributed by atoms with Crippen LogP contribution in [0.3, 0.4) is 0 Å². The molecule has 0 saturated carbocycles. The van der Waals surface area contributed by atoms with Gasteiger partial charge in [-0.25, -0.2) is 4.98 Å². The number of anilines is 2. The number of nitrogens with zero attached hydrogens (tertiary/aromatic N) is 1. The zero-order valence-corrected chi connectivity index (χ0v) is 10.3. The standard InChI is InChI=1S/C13H14ClN3/c1-9-2-4-11(6-12(9)14)17-13-5-3-10(7-15)8-16-13/h2-6,8H,7,15H2,1H3,(H,16,17). The van der Waals surface area contributed by atoms with Crippen molar-refractivity contribution in [3.05, 3.63) is 52.7 Å². The zero-order chi connectivity index (χ0) is 12.3. The average Bonchev–Trinajstić information content (AvgIpc) is 2.35. The third-order valence-electron chi connectivity index (χ3n) is 2.50. The van der Waals surface area contributed by atoms with E-state index in [0.717, 1.165) is 27.7 Å². The molecule has 2 aromatic rings. The monoisotopic (exact) mass is 247 g/mol. The smallest absolute Gasteiger partial charge is 0.130 e. The lowest BCUT2D eigenvalue weighted by Gasteiger charge is -2.07. The summed E-state index contributed by atoms with van der Waals surface area (Å²) in [6, 6.07) is 9.68. The van der Waals surface area contributed by atoms with Crippen molar-refractivity contribution in [2.24, 2.45) is 5.73 Å². The van der Waals surface area contributed by atoms with Crippen LogP contribution < -0.4 is 11.1 Å². The van der Waals surface area contributed by atoms with Crippen LogP contribution in [0.5, 0.6) is 0 Å². The Morgan fingerprint density at radius 3 is 2.71 bits per heavy atom. The number of aromatic nitrogens is 1. The van der Waals surface area contributed by atoms with E-state index in [0.29, 0.717) is 6.54 Å². The Morgan fingerprint density at radius 1 is 1.29 bits per heavy atom. The number of pyridine rings is 1. The highest BCUT2D eigenvalue weighted by molar-refractivity contribution is 6.31. The Hall–Kier alpha value is -1.58. The lowest BCUT2D eigenvalue weighted by Crippen LogP contribution is -1.98. The first-order chi connectivity index (χ1) is 8.19. The van der Waals surface area contributed by atoms with Crippen LogP contribution in [-0.2, 0) is 6.54 Å². The molecule has 0 radical (unpaired) electrons. The highest BCUT2D eigenvalue weighted by atomic mass is 35.5. The molecular formula is C13H14ClN3. The molecule has 0 amide bonds. The molecule has 0 saturated heterocycles. The van der Waals surface area contributed by atoms with Crippen LogP contribution in [0.2, 0.25) is 5.02 Å². The summed E-state index contributed by atoms with van der Waals surface area (Å²) in [5.41, 5.74) is 8.51. The fourth-order valence-corrected chi connectivity index (χ4v) is 1.62. The summed E-state index contributed by atoms with van der Waals surface area (Å²) in [5, 5.41) is 3.93. The third kappa shape index (κ3) is 2.96. The maximum Gasteiger partial charge on any atom is 0.130 e. The number of hydrogen-bond donors (Lipinski definition) is 2. The third-order valence-corrected chi connectivity index (χ3v) is 2.91. The molecule has 0 fully saturated rings. The number of nitrogens with two attached hydrogens (primary N) is 1. The van der Waals surface area contributed by atoms with Gasteiger partial charge in [0, 0.05) is 23.5 Å². The van der Waals surface area contributed by atoms with Crippen LogP contribution in [0.1, 0.15) is 11.1 Å². The van der Waals surface area contributed by atoms with Crippen LogP contribution in [0.4, 0.5) is 11.5 Å². The largest absolute Gasteiger partial charge is 0.340 e. The minimum atomic E-state index is 0.504. The molecule has 0 spiro atoms. The molecule has 1 heterocycles. The van der Waals surface area contributed by atoms with Crippen molar-refractivity contribution in [3.63, 3.8) is 0 Å². The molecule has 0 atom stereocenters. The van der Waals surface area contributed by atoms with Gasteiger partial charge < -0.3 is 11.1 Å². The topological polar surface area (TPSA) is 50.9 Å². The molecule has 0 bridgehead atoms. The van der Waals surface area contributed by atoms with Crippen LogP contribution in [0.25, 0.3) is 0 Å². The van der Waals surface area contributed by atoms with E-state index in [1.54, 1.807) is 6.20 Å². The van der Waals surface area contributed by atoms with Crippen LogP contribution in [0, 0.1) is 6.92 Å². The lowest BCUT2D eigenvalue weighted by atomic mass is 10.2. The predicted molar refractivity (Wildman–Crippen MR) is 71.6 cm³/mol. The van der Waals surface area contributed by atoms with Gasteiger partial charge in [0.15, 0.2) is 0 Å². The molecule has 0 aliphatic rings. The number of hydrogen-bond acceptors (Lipinski definition) is 3. The van der Waals surface area contributed by atoms with Crippen molar-refractivity contribution in [3.8, 4) is 0 Å². The number of rotatable bonds is 3. The van der Waals surface area contributed by atoms with Gasteiger partial charge in [-0.15, -0.1) is 0 Å². The van der Waals surface area contributed by atoms with Gasteiger partial charge in [0.25, 0.3) is 0 Å². The molecule has 1 aromatic heterocycles. The highest BCUT2D eigenvalue weighted by Gasteiger charge is 1.99. The summed E-state index contributed by atoms with van der Waals surface area (Å²) in [6.45, 7) is 2.48. The summed E-state index contributed by atoms with van der Waals surface area (Å²) in [4.78, 5) is 4.26. The number of halogens is 1. The predicted octanol–water partition coefficient (Wildman–Crippen LogP) is 3.25. The minimum absolute atomic E-state index is 0.504. The first-order valence-corrected chi connectivity index (χ1v) is 5.75. The van der Waals surface area contributed by atoms with E-state index in [-0.39, 0.29) is 0 Å². The Morgan fingerprint density at radius 2 is 2.12 bits per heavy atom. The SMILES string of the molecule is Cc1ccc(Nc2ccc(CN)cn2)cc1Cl. The Bertz CT molecular complexity index is 509. The van der Waals surface area contributed by atoms with Gasteiger partial charge in [-0.1, -0.05) is 23.7 Å². The second kappa shape index (κ2) is 5.17. The second-order valence-corrected chi connectivity index (χ2v) is 4.25. The maximum absolute atomic E-state index is 6.05. The number of nitrogens with one attached hydrogen (secondary N) is 1. The van der Waals surface area contributed by atoms with Gasteiger partial charge in [0.05, 0.1) is 0 Å². The summed E-state index contributed by atoms with van der Waals surface area (Å²) in [5.74, 6) is 0.780. The quantitative estimate of drug-likeness (QED) is 0.876. The Kier molecular flexibility index (Phi) is 3.61. The summed E-state index contributed by atoms with van der Waals surface area (Å²) >= 11 is 6.05. The molecule has 3 N–H and O–H groups in total. The van der Waals surface area contributed by atoms with E-state index in [4.69, 9.17) is 17.3 Å². The molecule has 0 aliphatic carbocycles. The number of aryl methyl sites for hydroxylation is 1. The van der Waals surface area contributed by atoms with Crippen LogP contribution >= 0.6 is 11.6 Å². The van der Waals surface area contributed by atoms with E-state index in [1.165, 1.54) is 0 Å². The van der Waals surface area contributed by atoms with Crippen molar-refractivity contribution in [1.82, 2.24) is 4.98 Å². The van der Waals surface area contributed by atoms with E-state index in [1.807, 2.05) is 37.3 Å². The van der Waals surface area contributed by atoms with E-state index < -0.39 is 0 Å². The molecule has 3 nitrogen and oxygen atoms in total. The minimum Gasteiger partial charge on any atom is -0.340 e. The number of benzene rings is 1. The summed E-state index contributed by atoms with van der Waals surface area (Å²) < 4.78 is 0. The Balaban J connectivity index is 2.16. The second-order valence-electron chi connectivity index (χ2n) is 3.84. The van der Waals surface area contributed by atoms with Crippen molar-refractivity contribution >= 4 is 23.1 Å². The maximum atomic E-state index is 6.05. The average molecular weight is 248 g/mol. The van der Waals surface area contributed by atoms with Crippen LogP contribution in [0.15, 0.2) is 36.5 Å². The van der Waals surface area contributed by atoms with Gasteiger partial charge in [-0.2, -0.15) is 0 Å². The van der Waals surface area contributed by atoms with Gasteiger partial charge in [0.2, 0.25) is 0 Å². The van der Waals surface area contributed by atoms with Crippen molar-refractivity contribution in [1.29, 1.82) is 0 Å². The Labute approximate surface area is 106 Å². The molecule has 88 valence electrons. The van der Waals surface area contributed by atoms with E-state index in [9.17, 15) is 0 Å². The molecule has 2 rings (SSSR count). The van der Waals surface area contributed by atoms with E-state index in [2.05, 4.69) is 10.3 Å². The fraction of sp³-hybridized carbons (Fsp3) is 0.154. The lowest BCUT2D eigenvalue weighted by molar-refractivity contribution is 1.05. The van der Waals surface area contributed by atoms with Gasteiger partial charge in [-0.05, 0) is 36.2 Å². The molecule has 0 aliphatic heterocycles. The van der Waals surface area contributed by atoms with Crippen molar-refractivity contribution in [2.45, 2.75) is 13.5 Å². The van der Waals surface area contributed by atoms with Gasteiger partial charge >= 0.3 is 0 Å². The van der Waals surface area contributed by atoms with Gasteiger partial charge in [-0.3, -0.25) is 0 Å². The van der Waals surface area contributed by atoms with Crippen molar-refractivity contribution < 1.29 is 0 Å². The zero-order valence-electron chi connectivity index (χ0n) is 9.57. The molecule has 0 unspecified atom stereocenters. The van der Waals surface area contributed by atoms with Gasteiger partial charge in [0.1, 0.15) is 5.82 Å². The first kappa shape index (κ1) is 11.9.